The molecule has 0 fully saturated rings. The Morgan fingerprint density at radius 1 is 0.926 bits per heavy atom. The molecule has 0 aliphatic heterocycles. The minimum atomic E-state index is -4.37. The molecule has 0 radical (unpaired) electrons. The van der Waals surface area contributed by atoms with Crippen molar-refractivity contribution in [3.63, 3.8) is 0 Å². The van der Waals surface area contributed by atoms with Crippen LogP contribution in [0.15, 0.2) is 30.3 Å². The van der Waals surface area contributed by atoms with E-state index in [0.29, 0.717) is 16.6 Å². The van der Waals surface area contributed by atoms with E-state index in [1.54, 1.807) is 19.1 Å². The number of methoxy groups -OCH3 is 1. The van der Waals surface area contributed by atoms with Crippen molar-refractivity contribution in [2.75, 3.05) is 13.9 Å². The van der Waals surface area contributed by atoms with E-state index in [2.05, 4.69) is 0 Å². The zero-order valence-electron chi connectivity index (χ0n) is 16.5. The molecule has 1 atom stereocenters. The fourth-order valence-corrected chi connectivity index (χ4v) is 4.64. The second-order valence-corrected chi connectivity index (χ2v) is 9.34. The van der Waals surface area contributed by atoms with E-state index in [1.165, 1.54) is 13.2 Å². The van der Waals surface area contributed by atoms with Gasteiger partial charge in [-0.2, -0.15) is 13.2 Å². The van der Waals surface area contributed by atoms with Gasteiger partial charge in [-0.15, -0.1) is 0 Å². The molecule has 0 N–H and O–H groups in total. The SMILES string of the molecule is COCOc1c(C)cc(C)cc1C(C)(C)Pc1ccc(C)cc1C(F)(F)F. The van der Waals surface area contributed by atoms with Gasteiger partial charge >= 0.3 is 6.18 Å². The fraction of sp³-hybridized carbons (Fsp3) is 0.429. The maximum Gasteiger partial charge on any atom is 0.417 e. The van der Waals surface area contributed by atoms with Crippen molar-refractivity contribution in [1.82, 2.24) is 0 Å². The molecule has 27 heavy (non-hydrogen) atoms. The van der Waals surface area contributed by atoms with Gasteiger partial charge in [-0.3, -0.25) is 0 Å². The van der Waals surface area contributed by atoms with Gasteiger partial charge in [-0.25, -0.2) is 0 Å². The summed E-state index contributed by atoms with van der Waals surface area (Å²) in [5, 5.41) is -0.218. The van der Waals surface area contributed by atoms with Crippen LogP contribution in [0.1, 0.15) is 41.7 Å². The Labute approximate surface area is 160 Å². The first kappa shape index (κ1) is 21.7. The molecule has 0 aliphatic rings. The number of aryl methyl sites for hydroxylation is 3. The second-order valence-electron chi connectivity index (χ2n) is 7.31. The monoisotopic (exact) mass is 398 g/mol. The van der Waals surface area contributed by atoms with Crippen molar-refractivity contribution in [3.05, 3.63) is 58.1 Å². The van der Waals surface area contributed by atoms with E-state index in [4.69, 9.17) is 9.47 Å². The summed E-state index contributed by atoms with van der Waals surface area (Å²) in [4.78, 5) is 0. The molecule has 1 unspecified atom stereocenters. The van der Waals surface area contributed by atoms with Crippen LogP contribution in [-0.2, 0) is 16.1 Å². The molecule has 0 heterocycles. The smallest absolute Gasteiger partial charge is 0.417 e. The molecular weight excluding hydrogens is 372 g/mol. The van der Waals surface area contributed by atoms with Crippen LogP contribution in [0.3, 0.4) is 0 Å². The van der Waals surface area contributed by atoms with Crippen molar-refractivity contribution in [1.29, 1.82) is 0 Å². The highest BCUT2D eigenvalue weighted by molar-refractivity contribution is 7.48. The molecule has 0 spiro atoms. The quantitative estimate of drug-likeness (QED) is 0.449. The van der Waals surface area contributed by atoms with Crippen molar-refractivity contribution in [2.45, 2.75) is 46.0 Å². The summed E-state index contributed by atoms with van der Waals surface area (Å²) in [6, 6.07) is 8.55. The number of hydrogen-bond donors (Lipinski definition) is 0. The Kier molecular flexibility index (Phi) is 6.59. The summed E-state index contributed by atoms with van der Waals surface area (Å²) >= 11 is 0. The fourth-order valence-electron chi connectivity index (χ4n) is 3.13. The summed E-state index contributed by atoms with van der Waals surface area (Å²) < 4.78 is 51.4. The lowest BCUT2D eigenvalue weighted by Gasteiger charge is -2.30. The summed E-state index contributed by atoms with van der Waals surface area (Å²) in [7, 11) is 1.47. The third-order valence-corrected chi connectivity index (χ3v) is 5.94. The lowest BCUT2D eigenvalue weighted by molar-refractivity contribution is -0.136. The van der Waals surface area contributed by atoms with Crippen LogP contribution in [0.5, 0.6) is 5.75 Å². The third kappa shape index (κ3) is 5.24. The summed E-state index contributed by atoms with van der Waals surface area (Å²) in [6.07, 6.45) is -4.37. The van der Waals surface area contributed by atoms with Gasteiger partial charge in [0.25, 0.3) is 0 Å². The number of alkyl halides is 3. The molecule has 0 saturated carbocycles. The highest BCUT2D eigenvalue weighted by Crippen LogP contribution is 2.47. The van der Waals surface area contributed by atoms with Crippen LogP contribution in [0, 0.1) is 20.8 Å². The minimum Gasteiger partial charge on any atom is -0.467 e. The molecule has 6 heteroatoms. The maximum atomic E-state index is 13.5. The first-order valence-corrected chi connectivity index (χ1v) is 9.65. The summed E-state index contributed by atoms with van der Waals surface area (Å²) in [6.45, 7) is 9.59. The first-order chi connectivity index (χ1) is 12.5. The predicted molar refractivity (Wildman–Crippen MR) is 106 cm³/mol. The van der Waals surface area contributed by atoms with Crippen LogP contribution in [-0.4, -0.2) is 13.9 Å². The number of halogens is 3. The molecule has 0 amide bonds. The molecule has 148 valence electrons. The average Bonchev–Trinajstić information content (AvgIpc) is 2.54. The van der Waals surface area contributed by atoms with Gasteiger partial charge in [-0.05, 0) is 37.7 Å². The number of rotatable bonds is 6. The van der Waals surface area contributed by atoms with E-state index in [0.717, 1.165) is 16.7 Å². The lowest BCUT2D eigenvalue weighted by atomic mass is 9.96. The molecule has 2 rings (SSSR count). The molecular formula is C21H26F3O2P. The Bertz CT molecular complexity index is 814. The van der Waals surface area contributed by atoms with Crippen LogP contribution >= 0.6 is 8.58 Å². The predicted octanol–water partition coefficient (Wildman–Crippen LogP) is 5.85. The number of ether oxygens (including phenoxy) is 2. The zero-order valence-corrected chi connectivity index (χ0v) is 17.5. The summed E-state index contributed by atoms with van der Waals surface area (Å²) in [5.74, 6) is 0.681. The Hall–Kier alpha value is -1.58. The van der Waals surface area contributed by atoms with Gasteiger partial charge in [0.15, 0.2) is 6.79 Å². The van der Waals surface area contributed by atoms with E-state index in [-0.39, 0.29) is 15.4 Å². The van der Waals surface area contributed by atoms with Crippen LogP contribution < -0.4 is 10.0 Å². The largest absolute Gasteiger partial charge is 0.467 e. The van der Waals surface area contributed by atoms with Crippen LogP contribution in [0.25, 0.3) is 0 Å². The first-order valence-electron chi connectivity index (χ1n) is 8.65. The van der Waals surface area contributed by atoms with Gasteiger partial charge in [0.1, 0.15) is 5.75 Å². The minimum absolute atomic E-state index is 0.0693. The van der Waals surface area contributed by atoms with Gasteiger partial charge in [0.2, 0.25) is 0 Å². The van der Waals surface area contributed by atoms with Gasteiger partial charge in [0.05, 0.1) is 5.56 Å². The zero-order chi connectivity index (χ0) is 20.4. The van der Waals surface area contributed by atoms with Crippen molar-refractivity contribution >= 4 is 13.9 Å². The molecule has 0 aromatic heterocycles. The van der Waals surface area contributed by atoms with Crippen molar-refractivity contribution < 1.29 is 22.6 Å². The molecule has 2 nitrogen and oxygen atoms in total. The van der Waals surface area contributed by atoms with Crippen LogP contribution in [0.4, 0.5) is 13.2 Å². The third-order valence-electron chi connectivity index (χ3n) is 4.34. The van der Waals surface area contributed by atoms with Crippen molar-refractivity contribution in [3.8, 4) is 5.75 Å². The highest BCUT2D eigenvalue weighted by Gasteiger charge is 2.36. The van der Waals surface area contributed by atoms with Gasteiger partial charge in [0, 0.05) is 17.8 Å². The average molecular weight is 398 g/mol. The number of benzene rings is 2. The van der Waals surface area contributed by atoms with E-state index in [1.807, 2.05) is 39.8 Å². The standard InChI is InChI=1S/C21H26F3O2P/c1-13-7-8-18(16(10-13)21(22,23)24)27-20(4,5)17-11-14(2)9-15(3)19(17)26-12-25-6/h7-11,27H,12H2,1-6H3. The van der Waals surface area contributed by atoms with Crippen molar-refractivity contribution in [2.24, 2.45) is 0 Å². The Morgan fingerprint density at radius 2 is 1.56 bits per heavy atom. The topological polar surface area (TPSA) is 18.5 Å². The summed E-state index contributed by atoms with van der Waals surface area (Å²) in [5.41, 5.74) is 2.93. The van der Waals surface area contributed by atoms with E-state index < -0.39 is 16.9 Å². The van der Waals surface area contributed by atoms with E-state index in [9.17, 15) is 13.2 Å². The maximum absolute atomic E-state index is 13.5. The van der Waals surface area contributed by atoms with Crippen LogP contribution in [0.2, 0.25) is 0 Å². The second kappa shape index (κ2) is 8.20. The normalized spacial score (nSPS) is 12.8. The number of hydrogen-bond acceptors (Lipinski definition) is 2. The molecule has 2 aromatic carbocycles. The highest BCUT2D eigenvalue weighted by atomic mass is 31.1. The lowest BCUT2D eigenvalue weighted by Crippen LogP contribution is -2.22. The molecule has 0 bridgehead atoms. The van der Waals surface area contributed by atoms with Gasteiger partial charge < -0.3 is 9.47 Å². The molecule has 2 aromatic rings. The van der Waals surface area contributed by atoms with Gasteiger partial charge in [-0.1, -0.05) is 57.8 Å². The Balaban J connectivity index is 2.52. The Morgan fingerprint density at radius 3 is 2.15 bits per heavy atom. The molecule has 0 saturated heterocycles. The van der Waals surface area contributed by atoms with E-state index >= 15 is 0 Å². The molecule has 0 aliphatic carbocycles.